The molecule has 0 aromatic heterocycles. The maximum absolute atomic E-state index is 13.8. The van der Waals surface area contributed by atoms with Crippen LogP contribution in [0.25, 0.3) is 0 Å². The fraction of sp³-hybridized carbons (Fsp3) is 0.467. The Balaban J connectivity index is 1.42. The molecule has 2 aliphatic heterocycles. The Labute approximate surface area is 233 Å². The van der Waals surface area contributed by atoms with Gasteiger partial charge in [-0.1, -0.05) is 48.4 Å². The van der Waals surface area contributed by atoms with Crippen LogP contribution in [-0.4, -0.2) is 60.4 Å². The van der Waals surface area contributed by atoms with Crippen LogP contribution in [0.2, 0.25) is 0 Å². The van der Waals surface area contributed by atoms with Crippen LogP contribution >= 0.6 is 0 Å². The Morgan fingerprint density at radius 1 is 1.23 bits per heavy atom. The van der Waals surface area contributed by atoms with Crippen molar-refractivity contribution in [3.8, 4) is 0 Å². The number of ether oxygens (including phenoxy) is 2. The number of nitrogens with zero attached hydrogens (tertiary/aromatic N) is 1. The number of epoxide rings is 1. The van der Waals surface area contributed by atoms with Crippen LogP contribution in [-0.2, 0) is 14.3 Å². The third-order valence-electron chi connectivity index (χ3n) is 8.27. The predicted molar refractivity (Wildman–Crippen MR) is 150 cm³/mol. The van der Waals surface area contributed by atoms with Gasteiger partial charge in [-0.3, -0.25) is 14.6 Å². The molecule has 2 aliphatic carbocycles. The normalized spacial score (nSPS) is 27.4. The largest absolute Gasteiger partial charge is 0.460 e. The molecule has 0 bridgehead atoms. The van der Waals surface area contributed by atoms with Gasteiger partial charge >= 0.3 is 5.97 Å². The van der Waals surface area contributed by atoms with Gasteiger partial charge in [0.15, 0.2) is 17.3 Å². The summed E-state index contributed by atoms with van der Waals surface area (Å²) in [6.07, 6.45) is 10.5. The SMILES string of the molecule is CN=C(N)NC(CC(C)=CCC12OC1(C(=O)OC1CCCCC1)C(=O)c1ccccc1C2=O)C1=CCNC(N)=C1. The van der Waals surface area contributed by atoms with Crippen LogP contribution in [0.15, 0.2) is 64.5 Å². The first kappa shape index (κ1) is 27.6. The maximum atomic E-state index is 13.8. The summed E-state index contributed by atoms with van der Waals surface area (Å²) in [5.41, 5.74) is 10.7. The van der Waals surface area contributed by atoms with Crippen molar-refractivity contribution < 1.29 is 23.9 Å². The van der Waals surface area contributed by atoms with E-state index in [9.17, 15) is 14.4 Å². The van der Waals surface area contributed by atoms with E-state index in [1.54, 1.807) is 31.3 Å². The fourth-order valence-electron chi connectivity index (χ4n) is 5.99. The van der Waals surface area contributed by atoms with Gasteiger partial charge in [0.2, 0.25) is 5.78 Å². The van der Waals surface area contributed by atoms with E-state index in [0.717, 1.165) is 43.3 Å². The summed E-state index contributed by atoms with van der Waals surface area (Å²) in [5.74, 6) is -0.815. The average Bonchev–Trinajstić information content (AvgIpc) is 3.67. The van der Waals surface area contributed by atoms with Crippen molar-refractivity contribution in [2.45, 2.75) is 75.2 Å². The monoisotopic (exact) mass is 547 g/mol. The van der Waals surface area contributed by atoms with Gasteiger partial charge in [0.25, 0.3) is 5.60 Å². The minimum atomic E-state index is -1.96. The van der Waals surface area contributed by atoms with Crippen molar-refractivity contribution in [2.24, 2.45) is 16.5 Å². The lowest BCUT2D eigenvalue weighted by Crippen LogP contribution is -2.51. The fourth-order valence-corrected chi connectivity index (χ4v) is 5.99. The zero-order valence-electron chi connectivity index (χ0n) is 23.0. The third kappa shape index (κ3) is 4.81. The van der Waals surface area contributed by atoms with E-state index < -0.39 is 23.0 Å². The second-order valence-electron chi connectivity index (χ2n) is 10.9. The summed E-state index contributed by atoms with van der Waals surface area (Å²) in [5, 5.41) is 6.27. The molecule has 4 aliphatic rings. The molecule has 6 N–H and O–H groups in total. The molecule has 1 aromatic carbocycles. The standard InChI is InChI=1S/C30H37N5O5/c1-18(16-23(35-28(32)33-2)19-13-15-34-24(31)17-19)12-14-29-25(36)21-10-6-7-11-22(21)26(37)30(29,40-29)27(38)39-20-8-4-3-5-9-20/h6-7,10-13,17,20,23,34H,3-5,8-9,14-16,31H2,1-2H3,(H3,32,33,35). The summed E-state index contributed by atoms with van der Waals surface area (Å²) >= 11 is 0. The number of benzene rings is 1. The number of fused-ring (bicyclic) bond motifs is 2. The van der Waals surface area contributed by atoms with Crippen LogP contribution in [0.5, 0.6) is 0 Å². The zero-order valence-corrected chi connectivity index (χ0v) is 23.0. The Morgan fingerprint density at radius 2 is 1.93 bits per heavy atom. The summed E-state index contributed by atoms with van der Waals surface area (Å²) < 4.78 is 11.8. The first-order valence-electron chi connectivity index (χ1n) is 13.9. The molecular formula is C30H37N5O5. The second-order valence-corrected chi connectivity index (χ2v) is 10.9. The van der Waals surface area contributed by atoms with Gasteiger partial charge < -0.3 is 31.6 Å². The number of Topliss-reactive ketones (excluding diaryl/α,β-unsaturated/α-hetero) is 2. The number of carbonyl (C=O) groups excluding carboxylic acids is 3. The van der Waals surface area contributed by atoms with Gasteiger partial charge in [-0.15, -0.1) is 0 Å². The Hall–Kier alpha value is -3.92. The molecule has 40 heavy (non-hydrogen) atoms. The number of esters is 1. The van der Waals surface area contributed by atoms with E-state index in [2.05, 4.69) is 15.6 Å². The maximum Gasteiger partial charge on any atom is 0.350 e. The lowest BCUT2D eigenvalue weighted by atomic mass is 9.72. The number of dihydropyridines is 1. The molecule has 5 rings (SSSR count). The number of carbonyl (C=O) groups is 3. The number of guanidine groups is 1. The van der Waals surface area contributed by atoms with E-state index in [0.29, 0.717) is 18.8 Å². The number of ketones is 2. The number of hydrogen-bond acceptors (Lipinski definition) is 8. The lowest BCUT2D eigenvalue weighted by molar-refractivity contribution is -0.155. The second kappa shape index (κ2) is 10.9. The van der Waals surface area contributed by atoms with Gasteiger partial charge in [0.05, 0.1) is 11.9 Å². The van der Waals surface area contributed by atoms with Crippen molar-refractivity contribution >= 4 is 23.5 Å². The molecule has 1 saturated carbocycles. The van der Waals surface area contributed by atoms with Gasteiger partial charge in [-0.25, -0.2) is 4.79 Å². The molecule has 0 spiro atoms. The van der Waals surface area contributed by atoms with Crippen LogP contribution in [0, 0.1) is 0 Å². The highest BCUT2D eigenvalue weighted by Crippen LogP contribution is 2.58. The smallest absolute Gasteiger partial charge is 0.350 e. The highest BCUT2D eigenvalue weighted by molar-refractivity contribution is 6.32. The van der Waals surface area contributed by atoms with Gasteiger partial charge in [-0.05, 0) is 50.7 Å². The molecule has 2 fully saturated rings. The van der Waals surface area contributed by atoms with Crippen LogP contribution in [0.1, 0.15) is 72.6 Å². The van der Waals surface area contributed by atoms with Crippen molar-refractivity contribution in [1.82, 2.24) is 10.6 Å². The highest BCUT2D eigenvalue weighted by atomic mass is 16.7. The third-order valence-corrected chi connectivity index (χ3v) is 8.27. The molecule has 3 atom stereocenters. The number of aliphatic imine (C=N–C) groups is 1. The van der Waals surface area contributed by atoms with E-state index in [1.807, 2.05) is 25.2 Å². The molecule has 212 valence electrons. The summed E-state index contributed by atoms with van der Waals surface area (Å²) in [6, 6.07) is 6.33. The molecule has 0 radical (unpaired) electrons. The summed E-state index contributed by atoms with van der Waals surface area (Å²) in [4.78, 5) is 45.2. The molecule has 10 heteroatoms. The van der Waals surface area contributed by atoms with Gasteiger partial charge in [0.1, 0.15) is 6.10 Å². The summed E-state index contributed by atoms with van der Waals surface area (Å²) in [6.45, 7) is 2.51. The minimum absolute atomic E-state index is 0.0557. The van der Waals surface area contributed by atoms with E-state index in [-0.39, 0.29) is 41.4 Å². The molecular weight excluding hydrogens is 510 g/mol. The Bertz CT molecular complexity index is 1340. The zero-order chi connectivity index (χ0) is 28.5. The molecule has 3 unspecified atom stereocenters. The predicted octanol–water partition coefficient (Wildman–Crippen LogP) is 2.41. The molecule has 1 aromatic rings. The van der Waals surface area contributed by atoms with E-state index in [4.69, 9.17) is 20.9 Å². The molecule has 1 saturated heterocycles. The quantitative estimate of drug-likeness (QED) is 0.0956. The van der Waals surface area contributed by atoms with Gasteiger partial charge in [0, 0.05) is 31.1 Å². The van der Waals surface area contributed by atoms with Gasteiger partial charge in [-0.2, -0.15) is 0 Å². The van der Waals surface area contributed by atoms with Crippen molar-refractivity contribution in [3.63, 3.8) is 0 Å². The number of nitrogens with one attached hydrogen (secondary N) is 2. The molecule has 10 nitrogen and oxygen atoms in total. The van der Waals surface area contributed by atoms with E-state index in [1.165, 1.54) is 0 Å². The van der Waals surface area contributed by atoms with Crippen LogP contribution in [0.4, 0.5) is 0 Å². The van der Waals surface area contributed by atoms with E-state index >= 15 is 0 Å². The minimum Gasteiger partial charge on any atom is -0.460 e. The number of hydrogen-bond donors (Lipinski definition) is 4. The first-order valence-corrected chi connectivity index (χ1v) is 13.9. The topological polar surface area (TPSA) is 161 Å². The number of rotatable bonds is 8. The van der Waals surface area contributed by atoms with Crippen molar-refractivity contribution in [3.05, 3.63) is 70.6 Å². The average molecular weight is 548 g/mol. The highest BCUT2D eigenvalue weighted by Gasteiger charge is 2.85. The first-order chi connectivity index (χ1) is 19.2. The molecule has 0 amide bonds. The van der Waals surface area contributed by atoms with Crippen molar-refractivity contribution in [1.29, 1.82) is 0 Å². The van der Waals surface area contributed by atoms with Crippen LogP contribution in [0.3, 0.4) is 0 Å². The Morgan fingerprint density at radius 3 is 2.60 bits per heavy atom. The van der Waals surface area contributed by atoms with Crippen LogP contribution < -0.4 is 22.1 Å². The lowest BCUT2D eigenvalue weighted by Gasteiger charge is -2.27. The molecule has 2 heterocycles. The number of nitrogens with two attached hydrogens (primary N) is 2. The van der Waals surface area contributed by atoms with Crippen molar-refractivity contribution in [2.75, 3.05) is 13.6 Å². The summed E-state index contributed by atoms with van der Waals surface area (Å²) in [7, 11) is 1.60. The Kier molecular flexibility index (Phi) is 7.55.